The predicted molar refractivity (Wildman–Crippen MR) is 62.6 cm³/mol. The van der Waals surface area contributed by atoms with Gasteiger partial charge in [-0.3, -0.25) is 0 Å². The van der Waals surface area contributed by atoms with E-state index in [9.17, 15) is 0 Å². The van der Waals surface area contributed by atoms with Crippen LogP contribution in [0.3, 0.4) is 0 Å². The molecule has 0 aromatic carbocycles. The summed E-state index contributed by atoms with van der Waals surface area (Å²) in [6, 6.07) is 0.564. The molecule has 0 aromatic heterocycles. The maximum absolute atomic E-state index is 5.40. The third kappa shape index (κ3) is 6.39. The summed E-state index contributed by atoms with van der Waals surface area (Å²) in [5.74, 6) is 0. The number of hydrogen-bond acceptors (Lipinski definition) is 2. The van der Waals surface area contributed by atoms with Crippen LogP contribution in [0.5, 0.6) is 0 Å². The van der Waals surface area contributed by atoms with Crippen LogP contribution in [-0.4, -0.2) is 25.8 Å². The van der Waals surface area contributed by atoms with Crippen LogP contribution in [-0.2, 0) is 4.74 Å². The normalized spacial score (nSPS) is 14.4. The van der Waals surface area contributed by atoms with Gasteiger partial charge in [-0.05, 0) is 31.7 Å². The lowest BCUT2D eigenvalue weighted by Crippen LogP contribution is -2.41. The predicted octanol–water partition coefficient (Wildman–Crippen LogP) is 2.83. The molecule has 0 radical (unpaired) electrons. The Balaban J connectivity index is 3.85. The minimum atomic E-state index is 0.326. The molecule has 0 aliphatic heterocycles. The molecule has 14 heavy (non-hydrogen) atoms. The van der Waals surface area contributed by atoms with Crippen LogP contribution >= 0.6 is 0 Å². The van der Waals surface area contributed by atoms with E-state index in [4.69, 9.17) is 4.74 Å². The first-order chi connectivity index (χ1) is 6.52. The standard InChI is InChI=1S/C12H27NO/c1-6-9-13-11(12(3,4)5)8-10-14-7-2/h11,13H,6-10H2,1-5H3. The van der Waals surface area contributed by atoms with Crippen molar-refractivity contribution in [3.8, 4) is 0 Å². The second-order valence-electron chi connectivity index (χ2n) is 4.86. The molecule has 0 fully saturated rings. The second kappa shape index (κ2) is 7.24. The lowest BCUT2D eigenvalue weighted by Gasteiger charge is -2.31. The van der Waals surface area contributed by atoms with E-state index < -0.39 is 0 Å². The highest BCUT2D eigenvalue weighted by atomic mass is 16.5. The van der Waals surface area contributed by atoms with Gasteiger partial charge in [-0.1, -0.05) is 27.7 Å². The third-order valence-corrected chi connectivity index (χ3v) is 2.44. The molecular weight excluding hydrogens is 174 g/mol. The largest absolute Gasteiger partial charge is 0.382 e. The lowest BCUT2D eigenvalue weighted by molar-refractivity contribution is 0.118. The van der Waals surface area contributed by atoms with Gasteiger partial charge in [0.2, 0.25) is 0 Å². The van der Waals surface area contributed by atoms with Crippen molar-refractivity contribution in [1.82, 2.24) is 5.32 Å². The summed E-state index contributed by atoms with van der Waals surface area (Å²) in [5.41, 5.74) is 0.326. The van der Waals surface area contributed by atoms with Gasteiger partial charge in [0.05, 0.1) is 0 Å². The van der Waals surface area contributed by atoms with E-state index in [0.29, 0.717) is 11.5 Å². The fourth-order valence-corrected chi connectivity index (χ4v) is 1.51. The van der Waals surface area contributed by atoms with Crippen molar-refractivity contribution in [2.24, 2.45) is 5.41 Å². The average Bonchev–Trinajstić information content (AvgIpc) is 2.09. The second-order valence-corrected chi connectivity index (χ2v) is 4.86. The van der Waals surface area contributed by atoms with E-state index in [1.807, 2.05) is 6.92 Å². The highest BCUT2D eigenvalue weighted by molar-refractivity contribution is 4.80. The van der Waals surface area contributed by atoms with Crippen LogP contribution in [0.25, 0.3) is 0 Å². The molecule has 2 heteroatoms. The van der Waals surface area contributed by atoms with Gasteiger partial charge in [0.1, 0.15) is 0 Å². The summed E-state index contributed by atoms with van der Waals surface area (Å²) in [4.78, 5) is 0. The first-order valence-electron chi connectivity index (χ1n) is 5.83. The number of ether oxygens (including phenoxy) is 1. The third-order valence-electron chi connectivity index (χ3n) is 2.44. The highest BCUT2D eigenvalue weighted by Gasteiger charge is 2.23. The van der Waals surface area contributed by atoms with Crippen molar-refractivity contribution in [2.75, 3.05) is 19.8 Å². The molecule has 0 saturated heterocycles. The molecule has 0 amide bonds. The molecule has 2 nitrogen and oxygen atoms in total. The van der Waals surface area contributed by atoms with Crippen LogP contribution in [0, 0.1) is 5.41 Å². The highest BCUT2D eigenvalue weighted by Crippen LogP contribution is 2.21. The van der Waals surface area contributed by atoms with Gasteiger partial charge in [-0.2, -0.15) is 0 Å². The molecule has 86 valence electrons. The van der Waals surface area contributed by atoms with Crippen LogP contribution in [0.2, 0.25) is 0 Å². The molecule has 0 saturated carbocycles. The van der Waals surface area contributed by atoms with Crippen LogP contribution < -0.4 is 5.32 Å². The maximum Gasteiger partial charge on any atom is 0.0480 e. The minimum Gasteiger partial charge on any atom is -0.382 e. The zero-order chi connectivity index (χ0) is 11.0. The van der Waals surface area contributed by atoms with E-state index in [-0.39, 0.29) is 0 Å². The first kappa shape index (κ1) is 13.9. The van der Waals surface area contributed by atoms with Crippen LogP contribution in [0.1, 0.15) is 47.5 Å². The van der Waals surface area contributed by atoms with E-state index in [2.05, 4.69) is 33.0 Å². The molecule has 1 N–H and O–H groups in total. The van der Waals surface area contributed by atoms with E-state index in [0.717, 1.165) is 26.2 Å². The molecule has 0 aromatic rings. The van der Waals surface area contributed by atoms with Crippen LogP contribution in [0.15, 0.2) is 0 Å². The molecule has 0 rings (SSSR count). The molecule has 1 atom stereocenters. The van der Waals surface area contributed by atoms with Crippen molar-refractivity contribution in [3.05, 3.63) is 0 Å². The van der Waals surface area contributed by atoms with Crippen molar-refractivity contribution < 1.29 is 4.74 Å². The van der Waals surface area contributed by atoms with Gasteiger partial charge in [0, 0.05) is 19.3 Å². The molecule has 0 spiro atoms. The topological polar surface area (TPSA) is 21.3 Å². The van der Waals surface area contributed by atoms with E-state index >= 15 is 0 Å². The quantitative estimate of drug-likeness (QED) is 0.640. The van der Waals surface area contributed by atoms with Crippen molar-refractivity contribution in [2.45, 2.75) is 53.5 Å². The molecule has 1 unspecified atom stereocenters. The Morgan fingerprint density at radius 2 is 1.86 bits per heavy atom. The van der Waals surface area contributed by atoms with Gasteiger partial charge in [-0.15, -0.1) is 0 Å². The maximum atomic E-state index is 5.40. The van der Waals surface area contributed by atoms with Crippen molar-refractivity contribution in [1.29, 1.82) is 0 Å². The fraction of sp³-hybridized carbons (Fsp3) is 1.00. The summed E-state index contributed by atoms with van der Waals surface area (Å²) in [6.07, 6.45) is 2.30. The smallest absolute Gasteiger partial charge is 0.0480 e. The molecule has 0 bridgehead atoms. The summed E-state index contributed by atoms with van der Waals surface area (Å²) in [7, 11) is 0. The lowest BCUT2D eigenvalue weighted by atomic mass is 9.85. The van der Waals surface area contributed by atoms with Gasteiger partial charge in [-0.25, -0.2) is 0 Å². The summed E-state index contributed by atoms with van der Waals surface area (Å²) in [6.45, 7) is 13.9. The molecule has 0 aliphatic carbocycles. The Bertz CT molecular complexity index is 129. The zero-order valence-corrected chi connectivity index (χ0v) is 10.5. The Labute approximate surface area is 89.4 Å². The zero-order valence-electron chi connectivity index (χ0n) is 10.5. The Morgan fingerprint density at radius 1 is 1.21 bits per heavy atom. The van der Waals surface area contributed by atoms with Crippen molar-refractivity contribution >= 4 is 0 Å². The van der Waals surface area contributed by atoms with Gasteiger partial charge in [0.25, 0.3) is 0 Å². The van der Waals surface area contributed by atoms with Gasteiger partial charge in [0.15, 0.2) is 0 Å². The Morgan fingerprint density at radius 3 is 2.29 bits per heavy atom. The minimum absolute atomic E-state index is 0.326. The van der Waals surface area contributed by atoms with Crippen molar-refractivity contribution in [3.63, 3.8) is 0 Å². The van der Waals surface area contributed by atoms with Crippen LogP contribution in [0.4, 0.5) is 0 Å². The van der Waals surface area contributed by atoms with Gasteiger partial charge >= 0.3 is 0 Å². The first-order valence-corrected chi connectivity index (χ1v) is 5.83. The molecule has 0 aliphatic rings. The summed E-state index contributed by atoms with van der Waals surface area (Å²) in [5, 5.41) is 3.59. The molecule has 0 heterocycles. The van der Waals surface area contributed by atoms with Gasteiger partial charge < -0.3 is 10.1 Å². The summed E-state index contributed by atoms with van der Waals surface area (Å²) >= 11 is 0. The number of rotatable bonds is 7. The van der Waals surface area contributed by atoms with E-state index in [1.165, 1.54) is 6.42 Å². The number of hydrogen-bond donors (Lipinski definition) is 1. The van der Waals surface area contributed by atoms with E-state index in [1.54, 1.807) is 0 Å². The SMILES string of the molecule is CCCNC(CCOCC)C(C)(C)C. The monoisotopic (exact) mass is 201 g/mol. The number of nitrogens with one attached hydrogen (secondary N) is 1. The molecular formula is C12H27NO. The Hall–Kier alpha value is -0.0800. The fourth-order valence-electron chi connectivity index (χ4n) is 1.51. The Kier molecular flexibility index (Phi) is 7.20. The average molecular weight is 201 g/mol. The summed E-state index contributed by atoms with van der Waals surface area (Å²) < 4.78 is 5.40.